The molecule has 7 heteroatoms. The zero-order valence-corrected chi connectivity index (χ0v) is 17.9. The number of amides is 2. The van der Waals surface area contributed by atoms with Crippen LogP contribution in [0.2, 0.25) is 0 Å². The molecule has 0 bridgehead atoms. The molecule has 0 heterocycles. The second-order valence-electron chi connectivity index (χ2n) is 6.45. The molecule has 0 spiro atoms. The zero-order chi connectivity index (χ0) is 21.1. The molecule has 2 rings (SSSR count). The van der Waals surface area contributed by atoms with Crippen molar-refractivity contribution in [2.24, 2.45) is 0 Å². The summed E-state index contributed by atoms with van der Waals surface area (Å²) in [5.41, 5.74) is 1.80. The van der Waals surface area contributed by atoms with Crippen LogP contribution in [-0.2, 0) is 32.0 Å². The molecule has 2 amide bonds. The largest absolute Gasteiger partial charge is 0.464 e. The molecule has 2 unspecified atom stereocenters. The van der Waals surface area contributed by atoms with Crippen molar-refractivity contribution in [3.05, 3.63) is 71.8 Å². The Kier molecular flexibility index (Phi) is 9.37. The molecule has 2 N–H and O–H groups in total. The summed E-state index contributed by atoms with van der Waals surface area (Å²) in [6, 6.07) is 17.1. The van der Waals surface area contributed by atoms with Gasteiger partial charge in [-0.1, -0.05) is 76.6 Å². The highest BCUT2D eigenvalue weighted by atomic mass is 79.9. The van der Waals surface area contributed by atoms with Gasteiger partial charge in [0.2, 0.25) is 11.8 Å². The number of alkyl halides is 1. The number of carbonyl (C=O) groups is 3. The Labute approximate surface area is 179 Å². The fourth-order valence-corrected chi connectivity index (χ4v) is 3.01. The quantitative estimate of drug-likeness (QED) is 0.421. The minimum absolute atomic E-state index is 0.0802. The Morgan fingerprint density at radius 1 is 0.862 bits per heavy atom. The lowest BCUT2D eigenvalue weighted by Crippen LogP contribution is -2.53. The third-order valence-electron chi connectivity index (χ3n) is 4.23. The van der Waals surface area contributed by atoms with E-state index in [9.17, 15) is 14.4 Å². The molecule has 0 aliphatic carbocycles. The molecule has 2 aromatic rings. The Bertz CT molecular complexity index is 799. The molecule has 29 heavy (non-hydrogen) atoms. The maximum Gasteiger partial charge on any atom is 0.328 e. The van der Waals surface area contributed by atoms with Gasteiger partial charge < -0.3 is 15.4 Å². The average molecular weight is 461 g/mol. The SMILES string of the molecule is CCOC(=O)C(Cc1ccccc1)NC(=O)C(Cc1ccccc1)NC(=O)CBr. The summed E-state index contributed by atoms with van der Waals surface area (Å²) >= 11 is 3.10. The number of benzene rings is 2. The molecule has 0 fully saturated rings. The predicted octanol–water partition coefficient (Wildman–Crippen LogP) is 2.40. The highest BCUT2D eigenvalue weighted by molar-refractivity contribution is 9.09. The third-order valence-corrected chi connectivity index (χ3v) is 4.74. The first-order valence-electron chi connectivity index (χ1n) is 9.43. The highest BCUT2D eigenvalue weighted by Crippen LogP contribution is 2.08. The minimum Gasteiger partial charge on any atom is -0.464 e. The molecule has 0 aliphatic heterocycles. The number of rotatable bonds is 10. The molecule has 154 valence electrons. The number of ether oxygens (including phenoxy) is 1. The van der Waals surface area contributed by atoms with E-state index in [1.165, 1.54) is 0 Å². The fraction of sp³-hybridized carbons (Fsp3) is 0.318. The monoisotopic (exact) mass is 460 g/mol. The summed E-state index contributed by atoms with van der Waals surface area (Å²) in [6.07, 6.45) is 0.613. The van der Waals surface area contributed by atoms with Crippen LogP contribution in [0, 0.1) is 0 Å². The van der Waals surface area contributed by atoms with E-state index in [2.05, 4.69) is 26.6 Å². The Balaban J connectivity index is 2.16. The van der Waals surface area contributed by atoms with Crippen LogP contribution >= 0.6 is 15.9 Å². The summed E-state index contributed by atoms with van der Waals surface area (Å²) in [7, 11) is 0. The van der Waals surface area contributed by atoms with E-state index in [0.29, 0.717) is 12.8 Å². The van der Waals surface area contributed by atoms with Gasteiger partial charge in [-0.05, 0) is 18.1 Å². The van der Waals surface area contributed by atoms with E-state index in [1.807, 2.05) is 60.7 Å². The Hall–Kier alpha value is -2.67. The lowest BCUT2D eigenvalue weighted by molar-refractivity contribution is -0.147. The number of carbonyl (C=O) groups excluding carboxylic acids is 3. The van der Waals surface area contributed by atoms with E-state index >= 15 is 0 Å². The topological polar surface area (TPSA) is 84.5 Å². The van der Waals surface area contributed by atoms with Gasteiger partial charge in [-0.15, -0.1) is 0 Å². The number of halogens is 1. The van der Waals surface area contributed by atoms with Gasteiger partial charge in [-0.25, -0.2) is 4.79 Å². The maximum absolute atomic E-state index is 13.0. The maximum atomic E-state index is 13.0. The predicted molar refractivity (Wildman–Crippen MR) is 115 cm³/mol. The van der Waals surface area contributed by atoms with Crippen molar-refractivity contribution in [1.82, 2.24) is 10.6 Å². The van der Waals surface area contributed by atoms with Gasteiger partial charge >= 0.3 is 5.97 Å². The number of hydrogen-bond donors (Lipinski definition) is 2. The molecule has 0 saturated heterocycles. The minimum atomic E-state index is -0.844. The van der Waals surface area contributed by atoms with Gasteiger partial charge in [0.25, 0.3) is 0 Å². The lowest BCUT2D eigenvalue weighted by atomic mass is 10.0. The van der Waals surface area contributed by atoms with Gasteiger partial charge in [0.15, 0.2) is 0 Å². The summed E-state index contributed by atoms with van der Waals surface area (Å²) < 4.78 is 5.13. The molecule has 0 aliphatic rings. The zero-order valence-electron chi connectivity index (χ0n) is 16.3. The van der Waals surface area contributed by atoms with Crippen LogP contribution in [0.15, 0.2) is 60.7 Å². The van der Waals surface area contributed by atoms with Crippen molar-refractivity contribution in [3.63, 3.8) is 0 Å². The standard InChI is InChI=1S/C22H25BrN2O4/c1-2-29-22(28)19(14-17-11-7-4-8-12-17)25-21(27)18(24-20(26)15-23)13-16-9-5-3-6-10-16/h3-12,18-19H,2,13-15H2,1H3,(H,24,26)(H,25,27). The molecule has 0 saturated carbocycles. The summed E-state index contributed by atoms with van der Waals surface area (Å²) in [4.78, 5) is 37.3. The first-order chi connectivity index (χ1) is 14.0. The number of nitrogens with one attached hydrogen (secondary N) is 2. The lowest BCUT2D eigenvalue weighted by Gasteiger charge is -2.22. The normalized spacial score (nSPS) is 12.5. The molecule has 2 aromatic carbocycles. The van der Waals surface area contributed by atoms with Crippen LogP contribution < -0.4 is 10.6 Å². The average Bonchev–Trinajstić information content (AvgIpc) is 2.74. The van der Waals surface area contributed by atoms with Gasteiger partial charge in [0, 0.05) is 12.8 Å². The van der Waals surface area contributed by atoms with Crippen molar-refractivity contribution in [1.29, 1.82) is 0 Å². The fourth-order valence-electron chi connectivity index (χ4n) is 2.85. The molecule has 0 aromatic heterocycles. The van der Waals surface area contributed by atoms with E-state index in [1.54, 1.807) is 6.92 Å². The Morgan fingerprint density at radius 2 is 1.38 bits per heavy atom. The van der Waals surface area contributed by atoms with Crippen LogP contribution in [0.4, 0.5) is 0 Å². The second-order valence-corrected chi connectivity index (χ2v) is 7.01. The molecule has 6 nitrogen and oxygen atoms in total. The van der Waals surface area contributed by atoms with Crippen molar-refractivity contribution < 1.29 is 19.1 Å². The van der Waals surface area contributed by atoms with Crippen LogP contribution in [0.1, 0.15) is 18.1 Å². The molecule has 2 atom stereocenters. The number of esters is 1. The van der Waals surface area contributed by atoms with Crippen LogP contribution in [0.25, 0.3) is 0 Å². The van der Waals surface area contributed by atoms with Crippen molar-refractivity contribution >= 4 is 33.7 Å². The van der Waals surface area contributed by atoms with Gasteiger partial charge in [0.05, 0.1) is 11.9 Å². The van der Waals surface area contributed by atoms with Crippen molar-refractivity contribution in [3.8, 4) is 0 Å². The molecular formula is C22H25BrN2O4. The van der Waals surface area contributed by atoms with Crippen molar-refractivity contribution in [2.75, 3.05) is 11.9 Å². The first-order valence-corrected chi connectivity index (χ1v) is 10.6. The summed E-state index contributed by atoms with van der Waals surface area (Å²) in [5.74, 6) is -1.25. The van der Waals surface area contributed by atoms with Gasteiger partial charge in [0.1, 0.15) is 12.1 Å². The van der Waals surface area contributed by atoms with E-state index < -0.39 is 24.0 Å². The second kappa shape index (κ2) is 12.0. The van der Waals surface area contributed by atoms with Crippen LogP contribution in [-0.4, -0.2) is 41.8 Å². The first kappa shape index (κ1) is 22.6. The Morgan fingerprint density at radius 3 is 1.86 bits per heavy atom. The van der Waals surface area contributed by atoms with E-state index in [0.717, 1.165) is 11.1 Å². The summed E-state index contributed by atoms with van der Waals surface area (Å²) in [5, 5.41) is 5.54. The third kappa shape index (κ3) is 7.69. The molecular weight excluding hydrogens is 436 g/mol. The smallest absolute Gasteiger partial charge is 0.328 e. The number of hydrogen-bond acceptors (Lipinski definition) is 4. The van der Waals surface area contributed by atoms with E-state index in [4.69, 9.17) is 4.74 Å². The van der Waals surface area contributed by atoms with Crippen LogP contribution in [0.5, 0.6) is 0 Å². The van der Waals surface area contributed by atoms with Crippen LogP contribution in [0.3, 0.4) is 0 Å². The highest BCUT2D eigenvalue weighted by Gasteiger charge is 2.27. The van der Waals surface area contributed by atoms with Gasteiger partial charge in [-0.3, -0.25) is 9.59 Å². The van der Waals surface area contributed by atoms with Gasteiger partial charge in [-0.2, -0.15) is 0 Å². The molecule has 0 radical (unpaired) electrons. The summed E-state index contributed by atoms with van der Waals surface area (Å²) in [6.45, 7) is 1.93. The van der Waals surface area contributed by atoms with E-state index in [-0.39, 0.29) is 17.8 Å². The van der Waals surface area contributed by atoms with Crippen molar-refractivity contribution in [2.45, 2.75) is 31.8 Å².